The molecule has 0 atom stereocenters. The molecule has 1 aromatic rings. The van der Waals surface area contributed by atoms with Gasteiger partial charge in [0.15, 0.2) is 0 Å². The molecule has 0 saturated carbocycles. The lowest BCUT2D eigenvalue weighted by molar-refractivity contribution is -0.143. The summed E-state index contributed by atoms with van der Waals surface area (Å²) in [7, 11) is 0. The summed E-state index contributed by atoms with van der Waals surface area (Å²) in [5, 5.41) is 8.88. The van der Waals surface area contributed by atoms with Crippen molar-refractivity contribution in [3.63, 3.8) is 0 Å². The number of benzene rings is 1. The molecule has 0 radical (unpaired) electrons. The number of hydrogen-bond donors (Lipinski definition) is 1. The number of alkyl halides is 3. The molecule has 2 rings (SSSR count). The van der Waals surface area contributed by atoms with Crippen molar-refractivity contribution in [3.05, 3.63) is 35.1 Å². The average Bonchev–Trinajstić information content (AvgIpc) is 2.37. The Hall–Kier alpha value is -1.63. The van der Waals surface area contributed by atoms with E-state index >= 15 is 0 Å². The molecule has 1 saturated heterocycles. The Kier molecular flexibility index (Phi) is 4.51. The molecular weight excluding hydrogens is 290 g/mol. The quantitative estimate of drug-likeness (QED) is 0.872. The van der Waals surface area contributed by atoms with Crippen molar-refractivity contribution in [2.75, 3.05) is 13.1 Å². The first-order valence-electron chi connectivity index (χ1n) is 6.57. The fraction of sp³-hybridized carbons (Fsp3) is 0.500. The van der Waals surface area contributed by atoms with Crippen LogP contribution in [-0.2, 0) is 17.5 Å². The van der Waals surface area contributed by atoms with Crippen molar-refractivity contribution in [3.8, 4) is 0 Å². The fourth-order valence-electron chi connectivity index (χ4n) is 2.50. The molecule has 1 heterocycles. The van der Waals surface area contributed by atoms with Gasteiger partial charge in [0.2, 0.25) is 0 Å². The molecule has 0 aliphatic carbocycles. The molecule has 0 unspecified atom stereocenters. The van der Waals surface area contributed by atoms with Crippen LogP contribution in [0.1, 0.15) is 24.0 Å². The number of nitrogens with zero attached hydrogens (tertiary/aromatic N) is 1. The van der Waals surface area contributed by atoms with E-state index in [-0.39, 0.29) is 12.1 Å². The topological polar surface area (TPSA) is 40.5 Å². The lowest BCUT2D eigenvalue weighted by Crippen LogP contribution is -2.35. The molecule has 0 amide bonds. The predicted molar refractivity (Wildman–Crippen MR) is 67.0 cm³/mol. The van der Waals surface area contributed by atoms with Crippen LogP contribution in [0.25, 0.3) is 0 Å². The van der Waals surface area contributed by atoms with Gasteiger partial charge in [-0.15, -0.1) is 0 Å². The first kappa shape index (κ1) is 15.8. The van der Waals surface area contributed by atoms with E-state index in [9.17, 15) is 22.4 Å². The van der Waals surface area contributed by atoms with Gasteiger partial charge >= 0.3 is 12.1 Å². The molecule has 1 aliphatic rings. The van der Waals surface area contributed by atoms with E-state index in [1.54, 1.807) is 0 Å². The monoisotopic (exact) mass is 305 g/mol. The SMILES string of the molecule is O=C(O)C1CCN(Cc2cc(F)cc(C(F)(F)F)c2)CC1. The lowest BCUT2D eigenvalue weighted by Gasteiger charge is -2.30. The van der Waals surface area contributed by atoms with Crippen LogP contribution < -0.4 is 0 Å². The number of carbonyl (C=O) groups is 1. The Labute approximate surface area is 119 Å². The van der Waals surface area contributed by atoms with E-state index < -0.39 is 29.4 Å². The summed E-state index contributed by atoms with van der Waals surface area (Å²) in [6.07, 6.45) is -3.67. The van der Waals surface area contributed by atoms with E-state index in [0.29, 0.717) is 32.0 Å². The van der Waals surface area contributed by atoms with E-state index in [4.69, 9.17) is 5.11 Å². The second-order valence-electron chi connectivity index (χ2n) is 5.23. The van der Waals surface area contributed by atoms with Crippen LogP contribution in [-0.4, -0.2) is 29.1 Å². The second-order valence-corrected chi connectivity index (χ2v) is 5.23. The molecule has 3 nitrogen and oxygen atoms in total. The summed E-state index contributed by atoms with van der Waals surface area (Å²) >= 11 is 0. The predicted octanol–water partition coefficient (Wildman–Crippen LogP) is 3.14. The van der Waals surface area contributed by atoms with Crippen molar-refractivity contribution in [1.82, 2.24) is 4.90 Å². The Balaban J connectivity index is 2.04. The van der Waals surface area contributed by atoms with Crippen LogP contribution in [0.5, 0.6) is 0 Å². The van der Waals surface area contributed by atoms with Crippen LogP contribution >= 0.6 is 0 Å². The highest BCUT2D eigenvalue weighted by atomic mass is 19.4. The van der Waals surface area contributed by atoms with Crippen LogP contribution in [0, 0.1) is 11.7 Å². The van der Waals surface area contributed by atoms with Crippen molar-refractivity contribution in [2.45, 2.75) is 25.6 Å². The summed E-state index contributed by atoms with van der Waals surface area (Å²) in [5.41, 5.74) is -0.756. The summed E-state index contributed by atoms with van der Waals surface area (Å²) < 4.78 is 51.1. The molecule has 1 fully saturated rings. The van der Waals surface area contributed by atoms with Gasteiger partial charge in [0.05, 0.1) is 11.5 Å². The molecule has 0 aromatic heterocycles. The van der Waals surface area contributed by atoms with Crippen LogP contribution in [0.2, 0.25) is 0 Å². The van der Waals surface area contributed by atoms with E-state index in [2.05, 4.69) is 0 Å². The number of likely N-dealkylation sites (tertiary alicyclic amines) is 1. The highest BCUT2D eigenvalue weighted by Gasteiger charge is 2.31. The molecule has 0 bridgehead atoms. The number of carboxylic acids is 1. The third-order valence-electron chi connectivity index (χ3n) is 3.63. The van der Waals surface area contributed by atoms with Gasteiger partial charge in [-0.1, -0.05) is 0 Å². The first-order valence-corrected chi connectivity index (χ1v) is 6.57. The zero-order valence-corrected chi connectivity index (χ0v) is 11.2. The smallest absolute Gasteiger partial charge is 0.416 e. The van der Waals surface area contributed by atoms with Crippen molar-refractivity contribution >= 4 is 5.97 Å². The molecule has 7 heteroatoms. The average molecular weight is 305 g/mol. The normalized spacial score (nSPS) is 17.9. The Morgan fingerprint density at radius 3 is 2.38 bits per heavy atom. The molecular formula is C14H15F4NO2. The third-order valence-corrected chi connectivity index (χ3v) is 3.63. The maximum atomic E-state index is 13.3. The zero-order valence-electron chi connectivity index (χ0n) is 11.2. The maximum Gasteiger partial charge on any atom is 0.416 e. The van der Waals surface area contributed by atoms with Gasteiger partial charge in [-0.3, -0.25) is 9.69 Å². The number of aliphatic carboxylic acids is 1. The van der Waals surface area contributed by atoms with Crippen molar-refractivity contribution < 1.29 is 27.5 Å². The summed E-state index contributed by atoms with van der Waals surface area (Å²) in [6, 6.07) is 2.49. The van der Waals surface area contributed by atoms with Gasteiger partial charge in [-0.25, -0.2) is 4.39 Å². The largest absolute Gasteiger partial charge is 0.481 e. The van der Waals surface area contributed by atoms with E-state index in [1.165, 1.54) is 0 Å². The van der Waals surface area contributed by atoms with Crippen molar-refractivity contribution in [1.29, 1.82) is 0 Å². The highest BCUT2D eigenvalue weighted by molar-refractivity contribution is 5.70. The number of rotatable bonds is 3. The number of piperidine rings is 1. The minimum Gasteiger partial charge on any atom is -0.481 e. The Bertz CT molecular complexity index is 522. The molecule has 1 N–H and O–H groups in total. The number of hydrogen-bond acceptors (Lipinski definition) is 2. The number of halogens is 4. The summed E-state index contributed by atoms with van der Waals surface area (Å²) in [6.45, 7) is 1.15. The van der Waals surface area contributed by atoms with Gasteiger partial charge in [-0.05, 0) is 49.7 Å². The van der Waals surface area contributed by atoms with Crippen LogP contribution in [0.3, 0.4) is 0 Å². The summed E-state index contributed by atoms with van der Waals surface area (Å²) in [5.74, 6) is -2.17. The Morgan fingerprint density at radius 1 is 1.24 bits per heavy atom. The summed E-state index contributed by atoms with van der Waals surface area (Å²) in [4.78, 5) is 12.7. The van der Waals surface area contributed by atoms with Gasteiger partial charge in [0.1, 0.15) is 5.82 Å². The molecule has 21 heavy (non-hydrogen) atoms. The van der Waals surface area contributed by atoms with Gasteiger partial charge < -0.3 is 5.11 Å². The first-order chi connectivity index (χ1) is 9.75. The molecule has 1 aliphatic heterocycles. The molecule has 116 valence electrons. The minimum atomic E-state index is -4.58. The van der Waals surface area contributed by atoms with Crippen LogP contribution in [0.4, 0.5) is 17.6 Å². The van der Waals surface area contributed by atoms with Crippen molar-refractivity contribution in [2.24, 2.45) is 5.92 Å². The second kappa shape index (κ2) is 6.01. The lowest BCUT2D eigenvalue weighted by atomic mass is 9.96. The standard InChI is InChI=1S/C14H15F4NO2/c15-12-6-9(5-11(7-12)14(16,17)18)8-19-3-1-10(2-4-19)13(20)21/h5-7,10H,1-4,8H2,(H,20,21). The van der Waals surface area contributed by atoms with Gasteiger partial charge in [0, 0.05) is 6.54 Å². The zero-order chi connectivity index (χ0) is 15.6. The maximum absolute atomic E-state index is 13.3. The number of carboxylic acid groups (broad SMARTS) is 1. The Morgan fingerprint density at radius 2 is 1.86 bits per heavy atom. The molecule has 1 aromatic carbocycles. The minimum absolute atomic E-state index is 0.188. The van der Waals surface area contributed by atoms with Gasteiger partial charge in [-0.2, -0.15) is 13.2 Å². The highest BCUT2D eigenvalue weighted by Crippen LogP contribution is 2.31. The van der Waals surface area contributed by atoms with E-state index in [1.807, 2.05) is 4.90 Å². The fourth-order valence-corrected chi connectivity index (χ4v) is 2.50. The van der Waals surface area contributed by atoms with E-state index in [0.717, 1.165) is 12.1 Å². The van der Waals surface area contributed by atoms with Gasteiger partial charge in [0.25, 0.3) is 0 Å². The third kappa shape index (κ3) is 4.17. The molecule has 0 spiro atoms. The van der Waals surface area contributed by atoms with Crippen LogP contribution in [0.15, 0.2) is 18.2 Å².